The molecule has 0 atom stereocenters. The van der Waals surface area contributed by atoms with Crippen molar-refractivity contribution in [1.82, 2.24) is 0 Å². The third-order valence-electron chi connectivity index (χ3n) is 3.54. The molecule has 9 heteroatoms. The Morgan fingerprint density at radius 2 is 1.90 bits per heavy atom. The average Bonchev–Trinajstić information content (AvgIpc) is 2.72. The van der Waals surface area contributed by atoms with E-state index in [0.29, 0.717) is 16.8 Å². The highest BCUT2D eigenvalue weighted by molar-refractivity contribution is 5.94. The Kier molecular flexibility index (Phi) is 8.32. The molecule has 0 bridgehead atoms. The fraction of sp³-hybridized carbons (Fsp3) is 0.190. The lowest BCUT2D eigenvalue weighted by molar-refractivity contribution is -0.142. The first-order valence-corrected chi connectivity index (χ1v) is 8.77. The Morgan fingerprint density at radius 3 is 2.53 bits per heavy atom. The second kappa shape index (κ2) is 11.2. The van der Waals surface area contributed by atoms with Crippen LogP contribution in [0.15, 0.2) is 48.5 Å². The predicted molar refractivity (Wildman–Crippen MR) is 104 cm³/mol. The minimum atomic E-state index is -2.99. The molecule has 2 aromatic carbocycles. The van der Waals surface area contributed by atoms with Gasteiger partial charge in [-0.05, 0) is 55.0 Å². The number of anilines is 1. The van der Waals surface area contributed by atoms with Crippen molar-refractivity contribution in [1.29, 1.82) is 5.26 Å². The van der Waals surface area contributed by atoms with Crippen molar-refractivity contribution < 1.29 is 32.6 Å². The molecule has 0 aromatic heterocycles. The SMILES string of the molecule is CCOc1cc(/C=C/C(=O)OCC(=O)Nc2ccc(C#N)cc2)ccc1OC(F)F. The van der Waals surface area contributed by atoms with Crippen molar-refractivity contribution in [3.8, 4) is 17.6 Å². The van der Waals surface area contributed by atoms with E-state index in [9.17, 15) is 18.4 Å². The van der Waals surface area contributed by atoms with Crippen molar-refractivity contribution in [3.05, 3.63) is 59.7 Å². The van der Waals surface area contributed by atoms with E-state index >= 15 is 0 Å². The smallest absolute Gasteiger partial charge is 0.387 e. The summed E-state index contributed by atoms with van der Waals surface area (Å²) in [4.78, 5) is 23.6. The van der Waals surface area contributed by atoms with Crippen LogP contribution in [0.3, 0.4) is 0 Å². The molecule has 0 spiro atoms. The lowest BCUT2D eigenvalue weighted by Gasteiger charge is -2.11. The van der Waals surface area contributed by atoms with Crippen LogP contribution in [-0.2, 0) is 14.3 Å². The van der Waals surface area contributed by atoms with Crippen LogP contribution in [0.25, 0.3) is 6.08 Å². The zero-order chi connectivity index (χ0) is 21.9. The average molecular weight is 416 g/mol. The van der Waals surface area contributed by atoms with E-state index in [-0.39, 0.29) is 18.1 Å². The highest BCUT2D eigenvalue weighted by Gasteiger charge is 2.11. The number of amides is 1. The Morgan fingerprint density at radius 1 is 1.17 bits per heavy atom. The van der Waals surface area contributed by atoms with E-state index in [0.717, 1.165) is 6.08 Å². The van der Waals surface area contributed by atoms with Gasteiger partial charge < -0.3 is 19.5 Å². The summed E-state index contributed by atoms with van der Waals surface area (Å²) >= 11 is 0. The number of nitrogens with one attached hydrogen (secondary N) is 1. The number of nitrogens with zero attached hydrogens (tertiary/aromatic N) is 1. The molecule has 0 aliphatic carbocycles. The Hall–Kier alpha value is -3.93. The van der Waals surface area contributed by atoms with Gasteiger partial charge in [0.15, 0.2) is 18.1 Å². The van der Waals surface area contributed by atoms with Crippen molar-refractivity contribution >= 4 is 23.6 Å². The quantitative estimate of drug-likeness (QED) is 0.494. The van der Waals surface area contributed by atoms with Gasteiger partial charge in [-0.3, -0.25) is 4.79 Å². The number of carbonyl (C=O) groups excluding carboxylic acids is 2. The van der Waals surface area contributed by atoms with E-state index in [1.807, 2.05) is 6.07 Å². The summed E-state index contributed by atoms with van der Waals surface area (Å²) in [7, 11) is 0. The first-order valence-electron chi connectivity index (χ1n) is 8.77. The molecule has 30 heavy (non-hydrogen) atoms. The summed E-state index contributed by atoms with van der Waals surface area (Å²) in [6.45, 7) is -1.57. The number of esters is 1. The molecule has 0 saturated carbocycles. The van der Waals surface area contributed by atoms with Crippen LogP contribution in [0, 0.1) is 11.3 Å². The molecule has 0 aliphatic heterocycles. The maximum absolute atomic E-state index is 12.4. The van der Waals surface area contributed by atoms with E-state index in [1.54, 1.807) is 31.2 Å². The third kappa shape index (κ3) is 7.24. The second-order valence-electron chi connectivity index (χ2n) is 5.70. The van der Waals surface area contributed by atoms with Crippen LogP contribution in [0.4, 0.5) is 14.5 Å². The van der Waals surface area contributed by atoms with Crippen molar-refractivity contribution in [2.24, 2.45) is 0 Å². The lowest BCUT2D eigenvalue weighted by atomic mass is 10.2. The topological polar surface area (TPSA) is 97.6 Å². The van der Waals surface area contributed by atoms with Gasteiger partial charge in [0.1, 0.15) is 0 Å². The largest absolute Gasteiger partial charge is 0.490 e. The first-order chi connectivity index (χ1) is 14.4. The molecule has 0 unspecified atom stereocenters. The molecule has 2 rings (SSSR count). The highest BCUT2D eigenvalue weighted by Crippen LogP contribution is 2.30. The van der Waals surface area contributed by atoms with Gasteiger partial charge in [0.05, 0.1) is 18.2 Å². The molecule has 2 aromatic rings. The number of halogens is 2. The van der Waals surface area contributed by atoms with Crippen molar-refractivity contribution in [3.63, 3.8) is 0 Å². The van der Waals surface area contributed by atoms with Gasteiger partial charge >= 0.3 is 12.6 Å². The van der Waals surface area contributed by atoms with E-state index in [4.69, 9.17) is 14.7 Å². The van der Waals surface area contributed by atoms with Gasteiger partial charge in [-0.15, -0.1) is 0 Å². The molecular formula is C21H18F2N2O5. The summed E-state index contributed by atoms with van der Waals surface area (Å²) in [5.41, 5.74) is 1.39. The summed E-state index contributed by atoms with van der Waals surface area (Å²) < 4.78 is 39.3. The first kappa shape index (κ1) is 22.4. The van der Waals surface area contributed by atoms with E-state index in [1.165, 1.54) is 24.3 Å². The fourth-order valence-electron chi connectivity index (χ4n) is 2.26. The standard InChI is InChI=1S/C21H18F2N2O5/c1-2-28-18-11-14(5-9-17(18)30-21(22)23)6-10-20(27)29-13-19(26)25-16-7-3-15(12-24)4-8-16/h3-11,21H,2,13H2,1H3,(H,25,26)/b10-6+. The van der Waals surface area contributed by atoms with Crippen molar-refractivity contribution in [2.45, 2.75) is 13.5 Å². The molecule has 156 valence electrons. The number of nitriles is 1. The molecule has 0 saturated heterocycles. The van der Waals surface area contributed by atoms with Gasteiger partial charge in [-0.1, -0.05) is 6.07 Å². The number of rotatable bonds is 9. The Labute approximate surface area is 171 Å². The molecule has 0 aliphatic rings. The lowest BCUT2D eigenvalue weighted by Crippen LogP contribution is -2.20. The van der Waals surface area contributed by atoms with Crippen LogP contribution in [-0.4, -0.2) is 31.7 Å². The minimum absolute atomic E-state index is 0.107. The number of carbonyl (C=O) groups is 2. The molecule has 0 radical (unpaired) electrons. The van der Waals surface area contributed by atoms with Gasteiger partial charge in [-0.25, -0.2) is 4.79 Å². The molecule has 0 heterocycles. The van der Waals surface area contributed by atoms with Gasteiger partial charge in [-0.2, -0.15) is 14.0 Å². The van der Waals surface area contributed by atoms with E-state index < -0.39 is 25.1 Å². The van der Waals surface area contributed by atoms with Crippen LogP contribution in [0.1, 0.15) is 18.1 Å². The molecule has 1 N–H and O–H groups in total. The minimum Gasteiger partial charge on any atom is -0.490 e. The fourth-order valence-corrected chi connectivity index (χ4v) is 2.26. The number of alkyl halides is 2. The molecule has 0 fully saturated rings. The van der Waals surface area contributed by atoms with Gasteiger partial charge in [0.2, 0.25) is 0 Å². The Balaban J connectivity index is 1.89. The number of hydrogen-bond donors (Lipinski definition) is 1. The monoisotopic (exact) mass is 416 g/mol. The third-order valence-corrected chi connectivity index (χ3v) is 3.54. The molecule has 1 amide bonds. The number of ether oxygens (including phenoxy) is 3. The van der Waals surface area contributed by atoms with Crippen LogP contribution < -0.4 is 14.8 Å². The maximum Gasteiger partial charge on any atom is 0.387 e. The highest BCUT2D eigenvalue weighted by atomic mass is 19.3. The van der Waals surface area contributed by atoms with E-state index in [2.05, 4.69) is 10.1 Å². The summed E-state index contributed by atoms with van der Waals surface area (Å²) in [5, 5.41) is 11.3. The van der Waals surface area contributed by atoms with Crippen LogP contribution >= 0.6 is 0 Å². The number of hydrogen-bond acceptors (Lipinski definition) is 6. The summed E-state index contributed by atoms with van der Waals surface area (Å²) in [6, 6.07) is 12.3. The maximum atomic E-state index is 12.4. The number of benzene rings is 2. The normalized spacial score (nSPS) is 10.5. The van der Waals surface area contributed by atoms with Crippen LogP contribution in [0.2, 0.25) is 0 Å². The zero-order valence-corrected chi connectivity index (χ0v) is 15.9. The zero-order valence-electron chi connectivity index (χ0n) is 15.9. The summed E-state index contributed by atoms with van der Waals surface area (Å²) in [5.74, 6) is -1.33. The Bertz CT molecular complexity index is 953. The van der Waals surface area contributed by atoms with Crippen molar-refractivity contribution in [2.75, 3.05) is 18.5 Å². The molecular weight excluding hydrogens is 398 g/mol. The summed E-state index contributed by atoms with van der Waals surface area (Å²) in [6.07, 6.45) is 2.48. The van der Waals surface area contributed by atoms with Gasteiger partial charge in [0, 0.05) is 11.8 Å². The van der Waals surface area contributed by atoms with Crippen LogP contribution in [0.5, 0.6) is 11.5 Å². The second-order valence-corrected chi connectivity index (χ2v) is 5.70. The molecule has 7 nitrogen and oxygen atoms in total. The van der Waals surface area contributed by atoms with Gasteiger partial charge in [0.25, 0.3) is 5.91 Å². The predicted octanol–water partition coefficient (Wildman–Crippen LogP) is 3.75.